The van der Waals surface area contributed by atoms with Crippen LogP contribution in [-0.4, -0.2) is 3.42 Å². The minimum Gasteiger partial charge on any atom is -0.120 e. The molecule has 1 heteroatoms. The summed E-state index contributed by atoms with van der Waals surface area (Å²) in [7, 11) is 0. The van der Waals surface area contributed by atoms with Crippen LogP contribution in [0.5, 0.6) is 0 Å². The van der Waals surface area contributed by atoms with Crippen LogP contribution in [0.3, 0.4) is 0 Å². The number of terminal acetylenes is 1. The zero-order valence-electron chi connectivity index (χ0n) is 5.78. The normalized spacial score (nSPS) is 30.0. The average Bonchev–Trinajstić information content (AvgIpc) is 1.89. The van der Waals surface area contributed by atoms with Crippen molar-refractivity contribution in [1.82, 2.24) is 0 Å². The molecule has 10 heavy (non-hydrogen) atoms. The molecular formula is C9H9I. The Bertz CT molecular complexity index is 213. The second kappa shape index (κ2) is 3.30. The maximum atomic E-state index is 5.22. The molecule has 0 aliphatic heterocycles. The van der Waals surface area contributed by atoms with E-state index >= 15 is 0 Å². The Morgan fingerprint density at radius 1 is 1.70 bits per heavy atom. The minimum atomic E-state index is 0.102. The quantitative estimate of drug-likeness (QED) is 0.377. The second-order valence-corrected chi connectivity index (χ2v) is 4.57. The predicted octanol–water partition coefficient (Wildman–Crippen LogP) is 2.37. The lowest BCUT2D eigenvalue weighted by molar-refractivity contribution is 0.649. The molecule has 0 radical (unpaired) electrons. The number of halogens is 1. The van der Waals surface area contributed by atoms with Gasteiger partial charge in [-0.05, 0) is 12.8 Å². The van der Waals surface area contributed by atoms with Crippen molar-refractivity contribution >= 4 is 22.6 Å². The van der Waals surface area contributed by atoms with Gasteiger partial charge in [-0.15, -0.1) is 18.3 Å². The van der Waals surface area contributed by atoms with E-state index in [0.717, 1.165) is 19.3 Å². The fourth-order valence-corrected chi connectivity index (χ4v) is 1.83. The minimum absolute atomic E-state index is 0.102. The lowest BCUT2D eigenvalue weighted by Gasteiger charge is -2.20. The molecule has 0 saturated carbocycles. The molecule has 0 spiro atoms. The molecule has 0 N–H and O–H groups in total. The topological polar surface area (TPSA) is 0 Å². The van der Waals surface area contributed by atoms with Crippen molar-refractivity contribution in [3.63, 3.8) is 0 Å². The summed E-state index contributed by atoms with van der Waals surface area (Å²) in [6.45, 7) is 0. The maximum Gasteiger partial charge on any atom is 0.0935 e. The fourth-order valence-electron chi connectivity index (χ4n) is 1.03. The van der Waals surface area contributed by atoms with Crippen LogP contribution >= 0.6 is 22.6 Å². The highest BCUT2D eigenvalue weighted by atomic mass is 127. The Labute approximate surface area is 75.9 Å². The maximum absolute atomic E-state index is 5.22. The van der Waals surface area contributed by atoms with E-state index in [-0.39, 0.29) is 3.42 Å². The summed E-state index contributed by atoms with van der Waals surface area (Å²) in [5.74, 6) is 8.97. The number of hydrogen-bond acceptors (Lipinski definition) is 0. The van der Waals surface area contributed by atoms with E-state index in [9.17, 15) is 0 Å². The molecule has 1 unspecified atom stereocenters. The van der Waals surface area contributed by atoms with Gasteiger partial charge >= 0.3 is 0 Å². The van der Waals surface area contributed by atoms with Gasteiger partial charge in [-0.3, -0.25) is 0 Å². The van der Waals surface area contributed by atoms with Gasteiger partial charge in [0.15, 0.2) is 0 Å². The Hall–Kier alpha value is -0.150. The van der Waals surface area contributed by atoms with Crippen LogP contribution in [0.2, 0.25) is 0 Å². The van der Waals surface area contributed by atoms with Crippen molar-refractivity contribution in [2.45, 2.75) is 29.1 Å². The van der Waals surface area contributed by atoms with Crippen LogP contribution in [0.15, 0.2) is 0 Å². The van der Waals surface area contributed by atoms with E-state index in [1.54, 1.807) is 0 Å². The summed E-state index contributed by atoms with van der Waals surface area (Å²) >= 11 is 2.37. The van der Waals surface area contributed by atoms with Crippen LogP contribution in [0.4, 0.5) is 0 Å². The van der Waals surface area contributed by atoms with Gasteiger partial charge in [0.1, 0.15) is 0 Å². The highest BCUT2D eigenvalue weighted by Crippen LogP contribution is 2.30. The first-order chi connectivity index (χ1) is 4.77. The second-order valence-electron chi connectivity index (χ2n) is 2.50. The SMILES string of the molecule is C#CCC1(I)C#CCCC1. The molecule has 1 aliphatic rings. The van der Waals surface area contributed by atoms with Crippen LogP contribution in [0.25, 0.3) is 0 Å². The highest BCUT2D eigenvalue weighted by Gasteiger charge is 2.23. The first-order valence-electron chi connectivity index (χ1n) is 3.39. The molecule has 0 nitrogen and oxygen atoms in total. The van der Waals surface area contributed by atoms with Gasteiger partial charge in [0.05, 0.1) is 3.42 Å². The Kier molecular flexibility index (Phi) is 2.63. The van der Waals surface area contributed by atoms with Crippen molar-refractivity contribution in [3.05, 3.63) is 0 Å². The van der Waals surface area contributed by atoms with Crippen molar-refractivity contribution in [3.8, 4) is 24.2 Å². The molecule has 0 bridgehead atoms. The van der Waals surface area contributed by atoms with Gasteiger partial charge in [-0.25, -0.2) is 0 Å². The molecule has 1 aliphatic carbocycles. The summed E-state index contributed by atoms with van der Waals surface area (Å²) in [6, 6.07) is 0. The fraction of sp³-hybridized carbons (Fsp3) is 0.556. The molecule has 0 aromatic heterocycles. The van der Waals surface area contributed by atoms with Crippen LogP contribution in [0, 0.1) is 24.2 Å². The molecule has 0 fully saturated rings. The summed E-state index contributed by atoms with van der Waals surface area (Å²) < 4.78 is 0.102. The van der Waals surface area contributed by atoms with Crippen molar-refractivity contribution in [1.29, 1.82) is 0 Å². The number of rotatable bonds is 1. The first kappa shape index (κ1) is 7.95. The van der Waals surface area contributed by atoms with E-state index in [2.05, 4.69) is 40.4 Å². The molecule has 0 amide bonds. The third kappa shape index (κ3) is 1.92. The van der Waals surface area contributed by atoms with Crippen LogP contribution in [0.1, 0.15) is 25.7 Å². The van der Waals surface area contributed by atoms with Crippen LogP contribution in [-0.2, 0) is 0 Å². The summed E-state index contributed by atoms with van der Waals surface area (Å²) in [6.07, 6.45) is 9.43. The van der Waals surface area contributed by atoms with Crippen molar-refractivity contribution in [2.75, 3.05) is 0 Å². The Morgan fingerprint density at radius 2 is 2.50 bits per heavy atom. The van der Waals surface area contributed by atoms with E-state index in [4.69, 9.17) is 6.42 Å². The van der Waals surface area contributed by atoms with Crippen molar-refractivity contribution in [2.24, 2.45) is 0 Å². The molecule has 0 aromatic rings. The molecular weight excluding hydrogens is 235 g/mol. The van der Waals surface area contributed by atoms with Crippen LogP contribution < -0.4 is 0 Å². The Morgan fingerprint density at radius 3 is 3.00 bits per heavy atom. The Balaban J connectivity index is 2.65. The summed E-state index contributed by atoms with van der Waals surface area (Å²) in [5.41, 5.74) is 0. The highest BCUT2D eigenvalue weighted by molar-refractivity contribution is 14.1. The molecule has 0 heterocycles. The molecule has 52 valence electrons. The van der Waals surface area contributed by atoms with E-state index in [1.165, 1.54) is 6.42 Å². The third-order valence-corrected chi connectivity index (χ3v) is 2.76. The van der Waals surface area contributed by atoms with E-state index < -0.39 is 0 Å². The van der Waals surface area contributed by atoms with Gasteiger partial charge in [0.2, 0.25) is 0 Å². The summed E-state index contributed by atoms with van der Waals surface area (Å²) in [5, 5.41) is 0. The average molecular weight is 244 g/mol. The zero-order valence-corrected chi connectivity index (χ0v) is 7.94. The van der Waals surface area contributed by atoms with Gasteiger partial charge < -0.3 is 0 Å². The lowest BCUT2D eigenvalue weighted by atomic mass is 9.95. The first-order valence-corrected chi connectivity index (χ1v) is 4.47. The standard InChI is InChI=1S/C9H9I/c1-2-6-9(10)7-4-3-5-8-9/h1H,3-4,6-7H2. The van der Waals surface area contributed by atoms with Crippen molar-refractivity contribution < 1.29 is 0 Å². The zero-order chi connectivity index (χ0) is 7.45. The predicted molar refractivity (Wildman–Crippen MR) is 51.8 cm³/mol. The molecule has 1 atom stereocenters. The van der Waals surface area contributed by atoms with Gasteiger partial charge in [0.25, 0.3) is 0 Å². The van der Waals surface area contributed by atoms with Gasteiger partial charge in [-0.1, -0.05) is 28.5 Å². The third-order valence-electron chi connectivity index (χ3n) is 1.57. The van der Waals surface area contributed by atoms with Gasteiger partial charge in [0, 0.05) is 12.8 Å². The largest absolute Gasteiger partial charge is 0.120 e. The van der Waals surface area contributed by atoms with E-state index in [1.807, 2.05) is 0 Å². The monoisotopic (exact) mass is 244 g/mol. The molecule has 0 saturated heterocycles. The summed E-state index contributed by atoms with van der Waals surface area (Å²) in [4.78, 5) is 0. The molecule has 1 rings (SSSR count). The smallest absolute Gasteiger partial charge is 0.0935 e. The lowest BCUT2D eigenvalue weighted by Crippen LogP contribution is -2.19. The van der Waals surface area contributed by atoms with E-state index in [0.29, 0.717) is 0 Å². The number of hydrogen-bond donors (Lipinski definition) is 0. The molecule has 0 aromatic carbocycles. The number of alkyl halides is 1. The van der Waals surface area contributed by atoms with Gasteiger partial charge in [-0.2, -0.15) is 0 Å².